The van der Waals surface area contributed by atoms with E-state index >= 15 is 0 Å². The van der Waals surface area contributed by atoms with E-state index in [0.29, 0.717) is 6.04 Å². The Kier molecular flexibility index (Phi) is 5.30. The summed E-state index contributed by atoms with van der Waals surface area (Å²) < 4.78 is 1.03. The highest BCUT2D eigenvalue weighted by molar-refractivity contribution is 9.10. The van der Waals surface area contributed by atoms with Gasteiger partial charge in [-0.2, -0.15) is 4.98 Å². The second kappa shape index (κ2) is 7.44. The Morgan fingerprint density at radius 2 is 2.12 bits per heavy atom. The van der Waals surface area contributed by atoms with E-state index in [1.54, 1.807) is 0 Å². The van der Waals surface area contributed by atoms with Crippen LogP contribution in [-0.4, -0.2) is 60.1 Å². The van der Waals surface area contributed by atoms with E-state index in [1.807, 2.05) is 43.7 Å². The van der Waals surface area contributed by atoms with Gasteiger partial charge < -0.3 is 9.80 Å². The highest BCUT2D eigenvalue weighted by atomic mass is 79.9. The Bertz CT molecular complexity index is 692. The summed E-state index contributed by atoms with van der Waals surface area (Å²) in [5, 5.41) is 0. The molecule has 3 heterocycles. The van der Waals surface area contributed by atoms with Gasteiger partial charge in [-0.1, -0.05) is 0 Å². The second-order valence-corrected chi connectivity index (χ2v) is 7.32. The lowest BCUT2D eigenvalue weighted by atomic mass is 10.2. The Balaban J connectivity index is 1.63. The zero-order valence-electron chi connectivity index (χ0n) is 14.4. The highest BCUT2D eigenvalue weighted by Crippen LogP contribution is 2.22. The van der Waals surface area contributed by atoms with Crippen molar-refractivity contribution in [1.29, 1.82) is 0 Å². The van der Waals surface area contributed by atoms with E-state index in [-0.39, 0.29) is 0 Å². The summed E-state index contributed by atoms with van der Waals surface area (Å²) >= 11 is 3.49. The average Bonchev–Trinajstić information content (AvgIpc) is 3.02. The summed E-state index contributed by atoms with van der Waals surface area (Å²) in [6.07, 6.45) is 6.73. The van der Waals surface area contributed by atoms with Gasteiger partial charge in [-0.25, -0.2) is 4.98 Å². The predicted octanol–water partition coefficient (Wildman–Crippen LogP) is 2.41. The second-order valence-electron chi connectivity index (χ2n) is 6.41. The minimum absolute atomic E-state index is 0.468. The van der Waals surface area contributed by atoms with Gasteiger partial charge in [-0.3, -0.25) is 9.88 Å². The zero-order valence-corrected chi connectivity index (χ0v) is 15.9. The van der Waals surface area contributed by atoms with Gasteiger partial charge in [0.05, 0.1) is 0 Å². The fourth-order valence-electron chi connectivity index (χ4n) is 3.01. The van der Waals surface area contributed by atoms with Crippen molar-refractivity contribution in [2.24, 2.45) is 0 Å². The maximum absolute atomic E-state index is 4.64. The molecule has 0 aromatic carbocycles. The number of hydrogen-bond acceptors (Lipinski definition) is 6. The summed E-state index contributed by atoms with van der Waals surface area (Å²) in [6.45, 7) is 3.06. The molecule has 0 bridgehead atoms. The quantitative estimate of drug-likeness (QED) is 0.780. The first kappa shape index (κ1) is 17.1. The normalized spacial score (nSPS) is 17.9. The number of likely N-dealkylation sites (N-methyl/N-ethyl adjacent to an activating group) is 1. The molecule has 0 amide bonds. The molecular weight excluding hydrogens is 368 g/mol. The molecule has 6 nitrogen and oxygen atoms in total. The molecule has 1 saturated heterocycles. The smallest absolute Gasteiger partial charge is 0.226 e. The van der Waals surface area contributed by atoms with Gasteiger partial charge in [0.15, 0.2) is 0 Å². The summed E-state index contributed by atoms with van der Waals surface area (Å²) in [5.41, 5.74) is 1.24. The maximum Gasteiger partial charge on any atom is 0.226 e. The average molecular weight is 391 g/mol. The molecule has 0 saturated carbocycles. The molecule has 0 spiro atoms. The highest BCUT2D eigenvalue weighted by Gasteiger charge is 2.26. The number of rotatable bonds is 5. The molecule has 1 unspecified atom stereocenters. The van der Waals surface area contributed by atoms with E-state index in [0.717, 1.165) is 42.3 Å². The van der Waals surface area contributed by atoms with Gasteiger partial charge in [-0.05, 0) is 40.0 Å². The minimum atomic E-state index is 0.468. The van der Waals surface area contributed by atoms with Gasteiger partial charge in [0, 0.05) is 69.9 Å². The predicted molar refractivity (Wildman–Crippen MR) is 100 cm³/mol. The number of nitrogens with zero attached hydrogens (tertiary/aromatic N) is 6. The van der Waals surface area contributed by atoms with Crippen molar-refractivity contribution in [3.63, 3.8) is 0 Å². The molecule has 0 aliphatic carbocycles. The van der Waals surface area contributed by atoms with Crippen molar-refractivity contribution in [2.45, 2.75) is 19.0 Å². The Hall–Kier alpha value is -1.73. The van der Waals surface area contributed by atoms with Crippen LogP contribution in [0.5, 0.6) is 0 Å². The van der Waals surface area contributed by atoms with Gasteiger partial charge in [0.1, 0.15) is 5.82 Å². The van der Waals surface area contributed by atoms with E-state index < -0.39 is 0 Å². The molecule has 2 aromatic heterocycles. The number of halogens is 1. The molecule has 3 rings (SSSR count). The van der Waals surface area contributed by atoms with Crippen LogP contribution in [0.2, 0.25) is 0 Å². The first-order chi connectivity index (χ1) is 11.5. The van der Waals surface area contributed by atoms with Crippen LogP contribution in [0.25, 0.3) is 0 Å². The molecular formula is C17H23BrN6. The lowest BCUT2D eigenvalue weighted by Gasteiger charge is -2.26. The molecule has 0 N–H and O–H groups in total. The number of hydrogen-bond donors (Lipinski definition) is 0. The number of likely N-dealkylation sites (tertiary alicyclic amines) is 1. The topological polar surface area (TPSA) is 48.4 Å². The van der Waals surface area contributed by atoms with Gasteiger partial charge in [0.25, 0.3) is 0 Å². The summed E-state index contributed by atoms with van der Waals surface area (Å²) in [6, 6.07) is 4.58. The summed E-state index contributed by atoms with van der Waals surface area (Å²) in [7, 11) is 6.04. The van der Waals surface area contributed by atoms with Crippen molar-refractivity contribution in [3.05, 3.63) is 40.8 Å². The van der Waals surface area contributed by atoms with Crippen molar-refractivity contribution in [1.82, 2.24) is 19.9 Å². The third-order valence-electron chi connectivity index (χ3n) is 4.35. The van der Waals surface area contributed by atoms with E-state index in [9.17, 15) is 0 Å². The van der Waals surface area contributed by atoms with Crippen LogP contribution in [-0.2, 0) is 6.54 Å². The molecule has 2 aromatic rings. The van der Waals surface area contributed by atoms with Gasteiger partial charge in [0.2, 0.25) is 5.95 Å². The first-order valence-electron chi connectivity index (χ1n) is 8.08. The fourth-order valence-corrected chi connectivity index (χ4v) is 3.42. The van der Waals surface area contributed by atoms with Crippen molar-refractivity contribution < 1.29 is 0 Å². The van der Waals surface area contributed by atoms with E-state index in [2.05, 4.69) is 53.8 Å². The third-order valence-corrected chi connectivity index (χ3v) is 4.79. The molecule has 1 atom stereocenters. The molecule has 1 aliphatic rings. The van der Waals surface area contributed by atoms with Gasteiger partial charge in [-0.15, -0.1) is 0 Å². The fraction of sp³-hybridized carbons (Fsp3) is 0.471. The SMILES string of the molecule is CN(C)c1nccc(N(C)C2CCN(Cc3cncc(Br)c3)C2)n1. The Morgan fingerprint density at radius 1 is 1.29 bits per heavy atom. The minimum Gasteiger partial charge on any atom is -0.355 e. The van der Waals surface area contributed by atoms with Crippen LogP contribution < -0.4 is 9.80 Å². The van der Waals surface area contributed by atoms with Crippen LogP contribution in [0, 0.1) is 0 Å². The van der Waals surface area contributed by atoms with Crippen molar-refractivity contribution in [2.75, 3.05) is 44.0 Å². The van der Waals surface area contributed by atoms with Gasteiger partial charge >= 0.3 is 0 Å². The van der Waals surface area contributed by atoms with Crippen LogP contribution >= 0.6 is 15.9 Å². The molecule has 24 heavy (non-hydrogen) atoms. The number of pyridine rings is 1. The maximum atomic E-state index is 4.64. The Labute approximate surface area is 151 Å². The van der Waals surface area contributed by atoms with E-state index in [1.165, 1.54) is 5.56 Å². The lowest BCUT2D eigenvalue weighted by molar-refractivity contribution is 0.325. The monoisotopic (exact) mass is 390 g/mol. The summed E-state index contributed by atoms with van der Waals surface area (Å²) in [5.74, 6) is 1.72. The van der Waals surface area contributed by atoms with Crippen molar-refractivity contribution >= 4 is 27.7 Å². The summed E-state index contributed by atoms with van der Waals surface area (Å²) in [4.78, 5) is 19.9. The zero-order chi connectivity index (χ0) is 17.1. The first-order valence-corrected chi connectivity index (χ1v) is 8.87. The standard InChI is InChI=1S/C17H23BrN6/c1-22(2)17-20-6-4-16(21-17)23(3)15-5-7-24(12-15)11-13-8-14(18)10-19-9-13/h4,6,8-10,15H,5,7,11-12H2,1-3H3. The van der Waals surface area contributed by atoms with Crippen molar-refractivity contribution in [3.8, 4) is 0 Å². The number of aromatic nitrogens is 3. The third kappa shape index (κ3) is 4.02. The Morgan fingerprint density at radius 3 is 2.88 bits per heavy atom. The molecule has 7 heteroatoms. The largest absolute Gasteiger partial charge is 0.355 e. The molecule has 128 valence electrons. The lowest BCUT2D eigenvalue weighted by Crippen LogP contribution is -2.35. The molecule has 1 aliphatic heterocycles. The molecule has 1 fully saturated rings. The number of anilines is 2. The van der Waals surface area contributed by atoms with Crippen LogP contribution in [0.3, 0.4) is 0 Å². The molecule has 0 radical (unpaired) electrons. The van der Waals surface area contributed by atoms with Crippen LogP contribution in [0.1, 0.15) is 12.0 Å². The van der Waals surface area contributed by atoms with E-state index in [4.69, 9.17) is 0 Å². The van der Waals surface area contributed by atoms with Crippen LogP contribution in [0.15, 0.2) is 35.2 Å². The van der Waals surface area contributed by atoms with Crippen LogP contribution in [0.4, 0.5) is 11.8 Å².